The van der Waals surface area contributed by atoms with Crippen LogP contribution in [0.4, 0.5) is 0 Å². The Morgan fingerprint density at radius 1 is 1.35 bits per heavy atom. The van der Waals surface area contributed by atoms with Crippen molar-refractivity contribution < 1.29 is 14.6 Å². The van der Waals surface area contributed by atoms with Crippen LogP contribution in [0.5, 0.6) is 0 Å². The van der Waals surface area contributed by atoms with Gasteiger partial charge in [-0.15, -0.1) is 0 Å². The van der Waals surface area contributed by atoms with Gasteiger partial charge in [-0.3, -0.25) is 4.79 Å². The van der Waals surface area contributed by atoms with Gasteiger partial charge in [0, 0.05) is 0 Å². The summed E-state index contributed by atoms with van der Waals surface area (Å²) in [7, 11) is 0. The van der Waals surface area contributed by atoms with Crippen LogP contribution in [0.15, 0.2) is 0 Å². The predicted molar refractivity (Wildman–Crippen MR) is 67.6 cm³/mol. The van der Waals surface area contributed by atoms with Gasteiger partial charge in [-0.25, -0.2) is 0 Å². The summed E-state index contributed by atoms with van der Waals surface area (Å²) in [5, 5.41) is 10.3. The van der Waals surface area contributed by atoms with Gasteiger partial charge < -0.3 is 9.84 Å². The molecule has 3 nitrogen and oxygen atoms in total. The molecular formula is C14H26O3. The van der Waals surface area contributed by atoms with Crippen molar-refractivity contribution in [3.63, 3.8) is 0 Å². The van der Waals surface area contributed by atoms with E-state index in [4.69, 9.17) is 4.74 Å². The second kappa shape index (κ2) is 5.38. The monoisotopic (exact) mass is 242 g/mol. The van der Waals surface area contributed by atoms with E-state index in [-0.39, 0.29) is 11.4 Å². The molecule has 3 heteroatoms. The first-order valence-corrected chi connectivity index (χ1v) is 6.70. The van der Waals surface area contributed by atoms with Gasteiger partial charge in [-0.2, -0.15) is 0 Å². The zero-order valence-corrected chi connectivity index (χ0v) is 11.6. The maximum absolute atomic E-state index is 12.1. The molecule has 1 atom stereocenters. The summed E-state index contributed by atoms with van der Waals surface area (Å²) in [6.07, 6.45) is 5.52. The van der Waals surface area contributed by atoms with Crippen molar-refractivity contribution in [3.05, 3.63) is 0 Å². The Kier molecular flexibility index (Phi) is 4.59. The van der Waals surface area contributed by atoms with E-state index in [0.29, 0.717) is 6.61 Å². The minimum atomic E-state index is -1.02. The van der Waals surface area contributed by atoms with Crippen LogP contribution in [0.2, 0.25) is 0 Å². The van der Waals surface area contributed by atoms with Crippen molar-refractivity contribution in [1.29, 1.82) is 0 Å². The number of esters is 1. The summed E-state index contributed by atoms with van der Waals surface area (Å²) in [6.45, 7) is 7.73. The summed E-state index contributed by atoms with van der Waals surface area (Å²) in [6, 6.07) is 0. The molecule has 1 N–H and O–H groups in total. The fourth-order valence-corrected chi connectivity index (χ4v) is 3.30. The molecule has 1 aliphatic rings. The fourth-order valence-electron chi connectivity index (χ4n) is 3.30. The third-order valence-electron chi connectivity index (χ3n) is 3.92. The molecule has 1 aliphatic carbocycles. The van der Waals surface area contributed by atoms with Crippen molar-refractivity contribution in [3.8, 4) is 0 Å². The lowest BCUT2D eigenvalue weighted by atomic mass is 9.62. The lowest BCUT2D eigenvalue weighted by Gasteiger charge is -2.44. The summed E-state index contributed by atoms with van der Waals surface area (Å²) >= 11 is 0. The Hall–Kier alpha value is -0.570. The molecule has 0 saturated heterocycles. The van der Waals surface area contributed by atoms with Crippen molar-refractivity contribution >= 4 is 5.97 Å². The second-order valence-electron chi connectivity index (χ2n) is 6.05. The van der Waals surface area contributed by atoms with Gasteiger partial charge in [0.2, 0.25) is 0 Å². The Morgan fingerprint density at radius 2 is 1.88 bits per heavy atom. The summed E-state index contributed by atoms with van der Waals surface area (Å²) < 4.78 is 5.15. The van der Waals surface area contributed by atoms with Crippen LogP contribution in [-0.4, -0.2) is 23.3 Å². The molecular weight excluding hydrogens is 216 g/mol. The molecule has 0 heterocycles. The molecule has 0 aromatic rings. The number of hydrogen-bond donors (Lipinski definition) is 1. The van der Waals surface area contributed by atoms with Gasteiger partial charge in [-0.05, 0) is 39.0 Å². The van der Waals surface area contributed by atoms with E-state index in [9.17, 15) is 9.90 Å². The van der Waals surface area contributed by atoms with Gasteiger partial charge in [0.15, 0.2) is 0 Å². The van der Waals surface area contributed by atoms with Crippen molar-refractivity contribution in [2.45, 2.75) is 65.4 Å². The Balaban J connectivity index is 2.92. The number of carbonyl (C=O) groups excluding carboxylic acids is 1. The minimum absolute atomic E-state index is 0.122. The molecule has 1 unspecified atom stereocenters. The van der Waals surface area contributed by atoms with Crippen LogP contribution in [0.1, 0.15) is 59.8 Å². The molecule has 0 aromatic heterocycles. The highest BCUT2D eigenvalue weighted by molar-refractivity contribution is 5.74. The highest BCUT2D eigenvalue weighted by Gasteiger charge is 2.48. The second-order valence-corrected chi connectivity index (χ2v) is 6.05. The maximum atomic E-state index is 12.1. The molecule has 0 spiro atoms. The van der Waals surface area contributed by atoms with Crippen molar-refractivity contribution in [2.75, 3.05) is 6.61 Å². The molecule has 0 radical (unpaired) electrons. The van der Waals surface area contributed by atoms with Gasteiger partial charge in [0.25, 0.3) is 0 Å². The van der Waals surface area contributed by atoms with E-state index < -0.39 is 11.5 Å². The zero-order chi connectivity index (χ0) is 13.1. The van der Waals surface area contributed by atoms with Crippen LogP contribution in [0.3, 0.4) is 0 Å². The van der Waals surface area contributed by atoms with Crippen molar-refractivity contribution in [2.24, 2.45) is 11.3 Å². The molecule has 1 rings (SSSR count). The third kappa shape index (κ3) is 3.44. The summed E-state index contributed by atoms with van der Waals surface area (Å²) in [4.78, 5) is 12.1. The van der Waals surface area contributed by atoms with Gasteiger partial charge in [-0.1, -0.05) is 26.2 Å². The molecule has 1 saturated carbocycles. The molecule has 100 valence electrons. The number of aliphatic hydroxyl groups is 1. The van der Waals surface area contributed by atoms with E-state index in [2.05, 4.69) is 6.92 Å². The smallest absolute Gasteiger partial charge is 0.312 e. The van der Waals surface area contributed by atoms with Crippen LogP contribution in [0.25, 0.3) is 0 Å². The average molecular weight is 242 g/mol. The van der Waals surface area contributed by atoms with Crippen LogP contribution in [0, 0.1) is 11.3 Å². The Morgan fingerprint density at radius 3 is 2.29 bits per heavy atom. The first kappa shape index (κ1) is 14.5. The predicted octanol–water partition coefficient (Wildman–Crippen LogP) is 2.91. The van der Waals surface area contributed by atoms with Gasteiger partial charge in [0.1, 0.15) is 0 Å². The first-order chi connectivity index (χ1) is 7.81. The van der Waals surface area contributed by atoms with Crippen LogP contribution in [-0.2, 0) is 9.53 Å². The first-order valence-electron chi connectivity index (χ1n) is 6.70. The number of carbonyl (C=O) groups is 1. The molecule has 17 heavy (non-hydrogen) atoms. The van der Waals surface area contributed by atoms with Crippen molar-refractivity contribution in [1.82, 2.24) is 0 Å². The molecule has 0 aliphatic heterocycles. The van der Waals surface area contributed by atoms with Crippen LogP contribution < -0.4 is 0 Å². The van der Waals surface area contributed by atoms with E-state index in [1.807, 2.05) is 6.92 Å². The summed E-state index contributed by atoms with van der Waals surface area (Å²) in [5.74, 6) is -0.667. The molecule has 0 bridgehead atoms. The van der Waals surface area contributed by atoms with Crippen LogP contribution >= 0.6 is 0 Å². The fraction of sp³-hybridized carbons (Fsp3) is 0.929. The average Bonchev–Trinajstić information content (AvgIpc) is 2.16. The largest absolute Gasteiger partial charge is 0.466 e. The number of ether oxygens (including phenoxy) is 1. The van der Waals surface area contributed by atoms with Gasteiger partial charge in [0.05, 0.1) is 18.1 Å². The quantitative estimate of drug-likeness (QED) is 0.771. The number of hydrogen-bond acceptors (Lipinski definition) is 3. The highest BCUT2D eigenvalue weighted by atomic mass is 16.5. The standard InChI is InChI=1S/C14H26O3/c1-5-17-12(15)11(13(2,3)16)14(4)9-7-6-8-10-14/h11,16H,5-10H2,1-4H3. The minimum Gasteiger partial charge on any atom is -0.466 e. The lowest BCUT2D eigenvalue weighted by molar-refractivity contribution is -0.167. The normalized spacial score (nSPS) is 21.9. The molecule has 0 aromatic carbocycles. The molecule has 0 amide bonds. The van der Waals surface area contributed by atoms with E-state index in [1.54, 1.807) is 13.8 Å². The topological polar surface area (TPSA) is 46.5 Å². The van der Waals surface area contributed by atoms with E-state index in [1.165, 1.54) is 6.42 Å². The zero-order valence-electron chi connectivity index (χ0n) is 11.6. The Bertz CT molecular complexity index is 259. The highest BCUT2D eigenvalue weighted by Crippen LogP contribution is 2.46. The SMILES string of the molecule is CCOC(=O)C(C(C)(C)O)C1(C)CCCCC1. The van der Waals surface area contributed by atoms with E-state index >= 15 is 0 Å². The van der Waals surface area contributed by atoms with Gasteiger partial charge >= 0.3 is 5.97 Å². The molecule has 1 fully saturated rings. The Labute approximate surface area is 105 Å². The lowest BCUT2D eigenvalue weighted by Crippen LogP contribution is -2.49. The maximum Gasteiger partial charge on any atom is 0.312 e. The number of rotatable bonds is 4. The summed E-state index contributed by atoms with van der Waals surface area (Å²) in [5.41, 5.74) is -1.14. The third-order valence-corrected chi connectivity index (χ3v) is 3.92. The van der Waals surface area contributed by atoms with E-state index in [0.717, 1.165) is 25.7 Å².